The van der Waals surface area contributed by atoms with Crippen LogP contribution in [0.3, 0.4) is 0 Å². The molecule has 3 rings (SSSR count). The number of hydrogen-bond donors (Lipinski definition) is 1. The van der Waals surface area contributed by atoms with E-state index in [9.17, 15) is 4.79 Å². The van der Waals surface area contributed by atoms with Gasteiger partial charge < -0.3 is 10.1 Å². The first-order valence-electron chi connectivity index (χ1n) is 10.7. The number of benzene rings is 2. The number of carbonyl (C=O) groups is 1. The van der Waals surface area contributed by atoms with Crippen molar-refractivity contribution in [1.29, 1.82) is 0 Å². The number of ether oxygens (including phenoxy) is 1. The van der Waals surface area contributed by atoms with E-state index in [-0.39, 0.29) is 18.0 Å². The Hall–Kier alpha value is -2.35. The monoisotopic (exact) mass is 472 g/mol. The molecule has 0 aliphatic heterocycles. The third kappa shape index (κ3) is 5.91. The van der Waals surface area contributed by atoms with Crippen LogP contribution in [0.15, 0.2) is 53.7 Å². The zero-order chi connectivity index (χ0) is 23.1. The summed E-state index contributed by atoms with van der Waals surface area (Å²) in [7, 11) is 1.68. The first-order valence-corrected chi connectivity index (χ1v) is 12.0. The van der Waals surface area contributed by atoms with Crippen molar-refractivity contribution in [2.45, 2.75) is 50.2 Å². The van der Waals surface area contributed by atoms with Crippen molar-refractivity contribution >= 4 is 29.3 Å². The SMILES string of the molecule is CC[C@H](C)NC(=O)c1ccc(CSc2nnc(-c3ccccc3Cl)n2[C@@H](C)COC)cc1. The maximum Gasteiger partial charge on any atom is 0.251 e. The molecule has 0 bridgehead atoms. The van der Waals surface area contributed by atoms with Crippen molar-refractivity contribution in [2.24, 2.45) is 0 Å². The molecule has 1 aromatic heterocycles. The summed E-state index contributed by atoms with van der Waals surface area (Å²) >= 11 is 8.02. The fourth-order valence-corrected chi connectivity index (χ4v) is 4.44. The molecule has 6 nitrogen and oxygen atoms in total. The highest BCUT2D eigenvalue weighted by Gasteiger charge is 2.21. The van der Waals surface area contributed by atoms with E-state index in [1.54, 1.807) is 18.9 Å². The summed E-state index contributed by atoms with van der Waals surface area (Å²) in [4.78, 5) is 12.3. The zero-order valence-corrected chi connectivity index (χ0v) is 20.4. The molecule has 2 atom stereocenters. The number of nitrogens with zero attached hydrogens (tertiary/aromatic N) is 3. The molecule has 0 saturated heterocycles. The Labute approximate surface area is 198 Å². The van der Waals surface area contributed by atoms with Gasteiger partial charge in [0.1, 0.15) is 0 Å². The molecule has 8 heteroatoms. The van der Waals surface area contributed by atoms with Crippen LogP contribution < -0.4 is 5.32 Å². The molecule has 2 aromatic carbocycles. The van der Waals surface area contributed by atoms with Crippen molar-refractivity contribution in [2.75, 3.05) is 13.7 Å². The minimum atomic E-state index is -0.0453. The first kappa shape index (κ1) is 24.3. The third-order valence-electron chi connectivity index (χ3n) is 5.20. The Bertz CT molecular complexity index is 1040. The second-order valence-electron chi connectivity index (χ2n) is 7.73. The van der Waals surface area contributed by atoms with Gasteiger partial charge in [-0.1, -0.05) is 54.6 Å². The van der Waals surface area contributed by atoms with E-state index < -0.39 is 0 Å². The van der Waals surface area contributed by atoms with Gasteiger partial charge in [-0.25, -0.2) is 0 Å². The van der Waals surface area contributed by atoms with E-state index in [2.05, 4.69) is 33.9 Å². The van der Waals surface area contributed by atoms with Gasteiger partial charge in [-0.05, 0) is 50.1 Å². The number of hydrogen-bond acceptors (Lipinski definition) is 5. The smallest absolute Gasteiger partial charge is 0.251 e. The Morgan fingerprint density at radius 3 is 2.53 bits per heavy atom. The largest absolute Gasteiger partial charge is 0.383 e. The lowest BCUT2D eigenvalue weighted by atomic mass is 10.1. The van der Waals surface area contributed by atoms with Crippen LogP contribution in [0.4, 0.5) is 0 Å². The van der Waals surface area contributed by atoms with Crippen LogP contribution in [0.1, 0.15) is 49.2 Å². The van der Waals surface area contributed by atoms with Crippen LogP contribution in [0.5, 0.6) is 0 Å². The van der Waals surface area contributed by atoms with Crippen LogP contribution in [0.25, 0.3) is 11.4 Å². The number of aromatic nitrogens is 3. The molecule has 0 aliphatic rings. The number of methoxy groups -OCH3 is 1. The minimum absolute atomic E-state index is 0.0374. The molecule has 1 N–H and O–H groups in total. The molecule has 32 heavy (non-hydrogen) atoms. The fraction of sp³-hybridized carbons (Fsp3) is 0.375. The molecular formula is C24H29ClN4O2S. The van der Waals surface area contributed by atoms with Gasteiger partial charge in [0.05, 0.1) is 17.7 Å². The average molecular weight is 473 g/mol. The van der Waals surface area contributed by atoms with Crippen molar-refractivity contribution in [3.8, 4) is 11.4 Å². The third-order valence-corrected chi connectivity index (χ3v) is 6.55. The molecule has 3 aromatic rings. The van der Waals surface area contributed by atoms with Gasteiger partial charge in [-0.2, -0.15) is 0 Å². The number of halogens is 1. The predicted molar refractivity (Wildman–Crippen MR) is 130 cm³/mol. The summed E-state index contributed by atoms with van der Waals surface area (Å²) in [5.41, 5.74) is 2.61. The maximum atomic E-state index is 12.3. The standard InChI is InChI=1S/C24H29ClN4O2S/c1-5-16(2)26-23(30)19-12-10-18(11-13-19)15-32-24-28-27-22(29(24)17(3)14-31-4)20-8-6-7-9-21(20)25/h6-13,16-17H,5,14-15H2,1-4H3,(H,26,30)/t16-,17-/m0/s1. The van der Waals surface area contributed by atoms with Gasteiger partial charge >= 0.3 is 0 Å². The van der Waals surface area contributed by atoms with E-state index in [0.717, 1.165) is 28.5 Å². The highest BCUT2D eigenvalue weighted by Crippen LogP contribution is 2.33. The van der Waals surface area contributed by atoms with Crippen molar-refractivity contribution in [3.05, 3.63) is 64.7 Å². The van der Waals surface area contributed by atoms with Crippen molar-refractivity contribution in [1.82, 2.24) is 20.1 Å². The Kier molecular flexibility index (Phi) is 8.73. The molecule has 1 heterocycles. The zero-order valence-electron chi connectivity index (χ0n) is 18.8. The highest BCUT2D eigenvalue weighted by molar-refractivity contribution is 7.98. The second kappa shape index (κ2) is 11.5. The number of thioether (sulfide) groups is 1. The summed E-state index contributed by atoms with van der Waals surface area (Å²) in [6.07, 6.45) is 0.902. The quantitative estimate of drug-likeness (QED) is 0.387. The van der Waals surface area contributed by atoms with E-state index >= 15 is 0 Å². The number of nitrogens with one attached hydrogen (secondary N) is 1. The molecule has 0 radical (unpaired) electrons. The van der Waals surface area contributed by atoms with Gasteiger partial charge in [-0.3, -0.25) is 9.36 Å². The number of rotatable bonds is 10. The van der Waals surface area contributed by atoms with Gasteiger partial charge in [0.2, 0.25) is 0 Å². The highest BCUT2D eigenvalue weighted by atomic mass is 35.5. The van der Waals surface area contributed by atoms with Crippen LogP contribution in [0, 0.1) is 0 Å². The molecule has 170 valence electrons. The second-order valence-corrected chi connectivity index (χ2v) is 9.08. The van der Waals surface area contributed by atoms with E-state index in [0.29, 0.717) is 22.9 Å². The van der Waals surface area contributed by atoms with Crippen LogP contribution >= 0.6 is 23.4 Å². The lowest BCUT2D eigenvalue weighted by molar-refractivity contribution is 0.0939. The van der Waals surface area contributed by atoms with E-state index in [1.807, 2.05) is 55.5 Å². The molecule has 0 saturated carbocycles. The minimum Gasteiger partial charge on any atom is -0.383 e. The summed E-state index contributed by atoms with van der Waals surface area (Å²) in [6, 6.07) is 15.5. The molecule has 0 unspecified atom stereocenters. The maximum absolute atomic E-state index is 12.3. The van der Waals surface area contributed by atoms with Gasteiger partial charge in [0.15, 0.2) is 11.0 Å². The summed E-state index contributed by atoms with van der Waals surface area (Å²) < 4.78 is 7.45. The number of carbonyl (C=O) groups excluding carboxylic acids is 1. The van der Waals surface area contributed by atoms with Gasteiger partial charge in [-0.15, -0.1) is 10.2 Å². The topological polar surface area (TPSA) is 69.0 Å². The molecule has 0 spiro atoms. The first-order chi connectivity index (χ1) is 15.4. The van der Waals surface area contributed by atoms with E-state index in [1.165, 1.54) is 0 Å². The van der Waals surface area contributed by atoms with Crippen molar-refractivity contribution in [3.63, 3.8) is 0 Å². The molecular weight excluding hydrogens is 444 g/mol. The molecule has 0 aliphatic carbocycles. The van der Waals surface area contributed by atoms with Crippen LogP contribution in [-0.4, -0.2) is 40.4 Å². The van der Waals surface area contributed by atoms with Gasteiger partial charge in [0.25, 0.3) is 5.91 Å². The predicted octanol–water partition coefficient (Wildman–Crippen LogP) is 5.63. The Morgan fingerprint density at radius 1 is 1.16 bits per heavy atom. The summed E-state index contributed by atoms with van der Waals surface area (Å²) in [6.45, 7) is 6.65. The Morgan fingerprint density at radius 2 is 1.88 bits per heavy atom. The fourth-order valence-electron chi connectivity index (χ4n) is 3.22. The van der Waals surface area contributed by atoms with Crippen molar-refractivity contribution < 1.29 is 9.53 Å². The average Bonchev–Trinajstić information content (AvgIpc) is 3.22. The van der Waals surface area contributed by atoms with Gasteiger partial charge in [0, 0.05) is 30.0 Å². The summed E-state index contributed by atoms with van der Waals surface area (Å²) in [5, 5.41) is 13.3. The van der Waals surface area contributed by atoms with Crippen LogP contribution in [-0.2, 0) is 10.5 Å². The number of amides is 1. The lowest BCUT2D eigenvalue weighted by Crippen LogP contribution is -2.31. The summed E-state index contributed by atoms with van der Waals surface area (Å²) in [5.74, 6) is 1.38. The van der Waals surface area contributed by atoms with E-state index in [4.69, 9.17) is 16.3 Å². The lowest BCUT2D eigenvalue weighted by Gasteiger charge is -2.17. The normalized spacial score (nSPS) is 13.0. The molecule has 0 fully saturated rings. The molecule has 1 amide bonds. The Balaban J connectivity index is 1.77. The van der Waals surface area contributed by atoms with Crippen LogP contribution in [0.2, 0.25) is 5.02 Å².